The van der Waals surface area contributed by atoms with Crippen molar-refractivity contribution in [1.29, 1.82) is 0 Å². The Labute approximate surface area is 202 Å². The average Bonchev–Trinajstić information content (AvgIpc) is 3.02. The zero-order chi connectivity index (χ0) is 24.7. The van der Waals surface area contributed by atoms with Crippen LogP contribution in [0.2, 0.25) is 0 Å². The molecule has 0 spiro atoms. The van der Waals surface area contributed by atoms with Crippen molar-refractivity contribution in [2.75, 3.05) is 6.54 Å². The highest BCUT2D eigenvalue weighted by Crippen LogP contribution is 2.37. The van der Waals surface area contributed by atoms with Crippen molar-refractivity contribution in [2.45, 2.75) is 71.3 Å². The molecule has 1 amide bonds. The fraction of sp³-hybridized carbons (Fsp3) is 0.545. The molecule has 11 heteroatoms. The molecule has 0 aliphatic carbocycles. The normalized spacial score (nSPS) is 16.7. The van der Waals surface area contributed by atoms with Crippen molar-refractivity contribution in [2.24, 2.45) is 0 Å². The maximum Gasteiger partial charge on any atom is 0.419 e. The summed E-state index contributed by atoms with van der Waals surface area (Å²) in [6.07, 6.45) is -4.78. The lowest BCUT2D eigenvalue weighted by Crippen LogP contribution is -2.45. The number of imidazole rings is 1. The van der Waals surface area contributed by atoms with Crippen LogP contribution in [0, 0.1) is 15.3 Å². The smallest absolute Gasteiger partial charge is 0.419 e. The third kappa shape index (κ3) is 5.60. The van der Waals surface area contributed by atoms with Gasteiger partial charge in [-0.1, -0.05) is 6.92 Å². The molecule has 5 nitrogen and oxygen atoms in total. The molecule has 2 heterocycles. The Bertz CT molecular complexity index is 1050. The molecule has 1 atom stereocenters. The Morgan fingerprint density at radius 2 is 1.85 bits per heavy atom. The zero-order valence-electron chi connectivity index (χ0n) is 18.7. The van der Waals surface area contributed by atoms with Crippen LogP contribution < -0.4 is 0 Å². The fourth-order valence-electron chi connectivity index (χ4n) is 3.95. The van der Waals surface area contributed by atoms with E-state index < -0.39 is 41.1 Å². The third-order valence-electron chi connectivity index (χ3n) is 5.37. The number of aryl methyl sites for hydroxylation is 2. The molecule has 1 aliphatic heterocycles. The predicted molar refractivity (Wildman–Crippen MR) is 120 cm³/mol. The molecule has 0 saturated carbocycles. The monoisotopic (exact) mass is 585 g/mol. The summed E-state index contributed by atoms with van der Waals surface area (Å²) >= 11 is 2.07. The van der Waals surface area contributed by atoms with Gasteiger partial charge in [-0.3, -0.25) is 4.90 Å². The van der Waals surface area contributed by atoms with Crippen LogP contribution in [0.25, 0.3) is 0 Å². The van der Waals surface area contributed by atoms with E-state index in [1.165, 1.54) is 4.90 Å². The van der Waals surface area contributed by atoms with Gasteiger partial charge in [0.15, 0.2) is 0 Å². The van der Waals surface area contributed by atoms with Gasteiger partial charge < -0.3 is 9.30 Å². The summed E-state index contributed by atoms with van der Waals surface area (Å²) in [7, 11) is 0. The van der Waals surface area contributed by atoms with Crippen molar-refractivity contribution >= 4 is 28.7 Å². The molecule has 0 saturated heterocycles. The van der Waals surface area contributed by atoms with E-state index in [1.54, 1.807) is 20.8 Å². The number of carbonyl (C=O) groups is 1. The van der Waals surface area contributed by atoms with Gasteiger partial charge in [0, 0.05) is 19.5 Å². The molecule has 1 aromatic heterocycles. The topological polar surface area (TPSA) is 47.4 Å². The zero-order valence-corrected chi connectivity index (χ0v) is 20.9. The molecule has 0 fully saturated rings. The van der Waals surface area contributed by atoms with Gasteiger partial charge in [0.05, 0.1) is 17.3 Å². The second-order valence-corrected chi connectivity index (χ2v) is 9.88. The molecular weight excluding hydrogens is 560 g/mol. The number of aromatic nitrogens is 2. The summed E-state index contributed by atoms with van der Waals surface area (Å²) in [5.41, 5.74) is -1.80. The van der Waals surface area contributed by atoms with Gasteiger partial charge in [0.2, 0.25) is 0 Å². The first kappa shape index (κ1) is 25.7. The van der Waals surface area contributed by atoms with E-state index in [4.69, 9.17) is 4.74 Å². The molecule has 0 radical (unpaired) electrons. The van der Waals surface area contributed by atoms with Crippen LogP contribution >= 0.6 is 22.6 Å². The molecule has 182 valence electrons. The number of carbonyl (C=O) groups excluding carboxylic acids is 1. The number of nitrogens with zero attached hydrogens (tertiary/aromatic N) is 3. The predicted octanol–water partition coefficient (Wildman–Crippen LogP) is 6.27. The second-order valence-electron chi connectivity index (χ2n) is 8.86. The molecular formula is C22H25F5IN3O2. The second kappa shape index (κ2) is 9.38. The van der Waals surface area contributed by atoms with E-state index in [2.05, 4.69) is 27.6 Å². The largest absolute Gasteiger partial charge is 0.444 e. The number of benzene rings is 1. The molecule has 0 bridgehead atoms. The lowest BCUT2D eigenvalue weighted by atomic mass is 9.99. The van der Waals surface area contributed by atoms with Crippen molar-refractivity contribution in [3.05, 3.63) is 50.1 Å². The number of halogens is 6. The van der Waals surface area contributed by atoms with E-state index >= 15 is 0 Å². The summed E-state index contributed by atoms with van der Waals surface area (Å²) in [6, 6.07) is 0.205. The van der Waals surface area contributed by atoms with E-state index in [0.29, 0.717) is 29.3 Å². The van der Waals surface area contributed by atoms with E-state index in [-0.39, 0.29) is 24.5 Å². The lowest BCUT2D eigenvalue weighted by molar-refractivity contribution is -0.140. The van der Waals surface area contributed by atoms with Gasteiger partial charge in [-0.15, -0.1) is 0 Å². The van der Waals surface area contributed by atoms with E-state index in [9.17, 15) is 26.7 Å². The minimum atomic E-state index is -4.99. The number of alkyl halides is 3. The Balaban J connectivity index is 1.94. The number of hydrogen-bond donors (Lipinski definition) is 0. The van der Waals surface area contributed by atoms with E-state index in [0.717, 1.165) is 11.5 Å². The summed E-state index contributed by atoms with van der Waals surface area (Å²) < 4.78 is 75.4. The summed E-state index contributed by atoms with van der Waals surface area (Å²) in [4.78, 5) is 19.0. The van der Waals surface area contributed by atoms with Crippen LogP contribution in [-0.4, -0.2) is 32.7 Å². The third-order valence-corrected chi connectivity index (χ3v) is 6.16. The van der Waals surface area contributed by atoms with Crippen LogP contribution in [0.5, 0.6) is 0 Å². The number of amides is 1. The van der Waals surface area contributed by atoms with Crippen LogP contribution in [0.3, 0.4) is 0 Å². The Morgan fingerprint density at radius 3 is 2.42 bits per heavy atom. The molecule has 0 N–H and O–H groups in total. The lowest BCUT2D eigenvalue weighted by Gasteiger charge is -2.38. The van der Waals surface area contributed by atoms with Crippen LogP contribution in [-0.2, 0) is 30.3 Å². The SMILES string of the molecule is CCc1nc(I)c2n1CCN(C(=O)OC(C)(C)C)C2CCc1cc(F)c(C(F)(F)F)cc1F. The van der Waals surface area contributed by atoms with Crippen molar-refractivity contribution in [1.82, 2.24) is 14.5 Å². The van der Waals surface area contributed by atoms with Gasteiger partial charge >= 0.3 is 12.3 Å². The number of ether oxygens (including phenoxy) is 1. The number of hydrogen-bond acceptors (Lipinski definition) is 3. The van der Waals surface area contributed by atoms with E-state index in [1.807, 2.05) is 11.5 Å². The summed E-state index contributed by atoms with van der Waals surface area (Å²) in [5, 5.41) is 0. The highest BCUT2D eigenvalue weighted by atomic mass is 127. The standard InChI is InChI=1S/C22H25F5IN3O2/c1-5-17-29-19(28)18-16(30(8-9-31(17)18)20(32)33-21(2,3)4)7-6-12-10-15(24)13(11-14(12)23)22(25,26)27/h10-11,16H,5-9H2,1-4H3. The fourth-order valence-corrected chi connectivity index (χ4v) is 4.88. The molecule has 33 heavy (non-hydrogen) atoms. The Kier molecular flexibility index (Phi) is 7.30. The van der Waals surface area contributed by atoms with Gasteiger partial charge in [-0.25, -0.2) is 18.6 Å². The number of fused-ring (bicyclic) bond motifs is 1. The van der Waals surface area contributed by atoms with Gasteiger partial charge in [0.25, 0.3) is 0 Å². The van der Waals surface area contributed by atoms with Crippen molar-refractivity contribution < 1.29 is 31.5 Å². The van der Waals surface area contributed by atoms with Crippen LogP contribution in [0.15, 0.2) is 12.1 Å². The maximum absolute atomic E-state index is 14.4. The first-order valence-electron chi connectivity index (χ1n) is 10.5. The molecule has 2 aromatic rings. The molecule has 1 aromatic carbocycles. The van der Waals surface area contributed by atoms with Gasteiger partial charge in [-0.05, 0) is 73.9 Å². The van der Waals surface area contributed by atoms with Crippen LogP contribution in [0.1, 0.15) is 62.8 Å². The van der Waals surface area contributed by atoms with Crippen molar-refractivity contribution in [3.8, 4) is 0 Å². The first-order valence-corrected chi connectivity index (χ1v) is 11.6. The molecule has 1 unspecified atom stereocenters. The van der Waals surface area contributed by atoms with Gasteiger partial charge in [-0.2, -0.15) is 13.2 Å². The Hall–Kier alpha value is -1.92. The average molecular weight is 585 g/mol. The maximum atomic E-state index is 14.4. The Morgan fingerprint density at radius 1 is 1.18 bits per heavy atom. The minimum absolute atomic E-state index is 0.0758. The number of rotatable bonds is 4. The molecule has 3 rings (SSSR count). The van der Waals surface area contributed by atoms with Crippen molar-refractivity contribution in [3.63, 3.8) is 0 Å². The molecule has 1 aliphatic rings. The summed E-state index contributed by atoms with van der Waals surface area (Å²) in [5.74, 6) is -1.82. The first-order chi connectivity index (χ1) is 15.2. The quantitative estimate of drug-likeness (QED) is 0.314. The highest BCUT2D eigenvalue weighted by Gasteiger charge is 2.38. The summed E-state index contributed by atoms with van der Waals surface area (Å²) in [6.45, 7) is 8.03. The minimum Gasteiger partial charge on any atom is -0.444 e. The van der Waals surface area contributed by atoms with Crippen LogP contribution in [0.4, 0.5) is 26.7 Å². The van der Waals surface area contributed by atoms with Gasteiger partial charge in [0.1, 0.15) is 26.8 Å². The highest BCUT2D eigenvalue weighted by molar-refractivity contribution is 14.1.